The number of pyridine rings is 1. The molecule has 0 atom stereocenters. The van der Waals surface area contributed by atoms with Crippen LogP contribution >= 0.6 is 24.8 Å². The third-order valence-corrected chi connectivity index (χ3v) is 3.67. The number of ether oxygens (including phenoxy) is 1. The van der Waals surface area contributed by atoms with Crippen LogP contribution in [-0.2, 0) is 11.3 Å². The lowest BCUT2D eigenvalue weighted by Gasteiger charge is -2.08. The Kier molecular flexibility index (Phi) is 9.27. The molecule has 1 heterocycles. The fourth-order valence-corrected chi connectivity index (χ4v) is 2.16. The zero-order chi connectivity index (χ0) is 15.9. The van der Waals surface area contributed by atoms with Crippen LogP contribution in [0.5, 0.6) is 11.6 Å². The fourth-order valence-electron chi connectivity index (χ4n) is 2.16. The zero-order valence-corrected chi connectivity index (χ0v) is 15.4. The van der Waals surface area contributed by atoms with Gasteiger partial charge < -0.3 is 15.4 Å². The average Bonchev–Trinajstić information content (AvgIpc) is 3.39. The molecule has 136 valence electrons. The van der Waals surface area contributed by atoms with Gasteiger partial charge in [-0.3, -0.25) is 4.79 Å². The highest BCUT2D eigenvalue weighted by molar-refractivity contribution is 5.85. The van der Waals surface area contributed by atoms with E-state index >= 15 is 0 Å². The summed E-state index contributed by atoms with van der Waals surface area (Å²) < 4.78 is 5.63. The van der Waals surface area contributed by atoms with Gasteiger partial charge in [-0.25, -0.2) is 4.98 Å². The molecule has 1 fully saturated rings. The van der Waals surface area contributed by atoms with Crippen LogP contribution in [0.15, 0.2) is 48.7 Å². The second kappa shape index (κ2) is 10.9. The van der Waals surface area contributed by atoms with E-state index in [1.54, 1.807) is 12.3 Å². The summed E-state index contributed by atoms with van der Waals surface area (Å²) in [6.07, 6.45) is 4.30. The molecule has 0 aliphatic heterocycles. The summed E-state index contributed by atoms with van der Waals surface area (Å²) in [4.78, 5) is 16.0. The molecular formula is C18H23Cl2N3O2. The fraction of sp³-hybridized carbons (Fsp3) is 0.333. The SMILES string of the molecule is Cl.Cl.O=C(CNCC1CC1)NCc1ccc(Oc2ccccc2)nc1. The molecule has 1 aliphatic rings. The van der Waals surface area contributed by atoms with Gasteiger partial charge in [-0.1, -0.05) is 24.3 Å². The maximum Gasteiger partial charge on any atom is 0.234 e. The summed E-state index contributed by atoms with van der Waals surface area (Å²) in [5.74, 6) is 2.08. The lowest BCUT2D eigenvalue weighted by Crippen LogP contribution is -2.34. The zero-order valence-electron chi connectivity index (χ0n) is 13.8. The monoisotopic (exact) mass is 383 g/mol. The molecule has 0 unspecified atom stereocenters. The maximum atomic E-state index is 11.7. The van der Waals surface area contributed by atoms with E-state index in [1.807, 2.05) is 36.4 Å². The number of nitrogens with one attached hydrogen (secondary N) is 2. The minimum atomic E-state index is 0. The molecule has 0 bridgehead atoms. The Balaban J connectivity index is 0.00000156. The number of hydrogen-bond acceptors (Lipinski definition) is 4. The Morgan fingerprint density at radius 2 is 1.88 bits per heavy atom. The number of carbonyl (C=O) groups excluding carboxylic acids is 1. The van der Waals surface area contributed by atoms with Crippen LogP contribution in [0, 0.1) is 5.92 Å². The van der Waals surface area contributed by atoms with Gasteiger partial charge in [-0.15, -0.1) is 24.8 Å². The molecule has 2 N–H and O–H groups in total. The lowest BCUT2D eigenvalue weighted by molar-refractivity contribution is -0.120. The van der Waals surface area contributed by atoms with E-state index in [-0.39, 0.29) is 30.7 Å². The third kappa shape index (κ3) is 7.73. The molecular weight excluding hydrogens is 361 g/mol. The highest BCUT2D eigenvalue weighted by Crippen LogP contribution is 2.27. The van der Waals surface area contributed by atoms with Gasteiger partial charge in [0, 0.05) is 18.8 Å². The smallest absolute Gasteiger partial charge is 0.234 e. The number of benzene rings is 1. The molecule has 25 heavy (non-hydrogen) atoms. The molecule has 5 nitrogen and oxygen atoms in total. The Morgan fingerprint density at radius 3 is 2.52 bits per heavy atom. The predicted molar refractivity (Wildman–Crippen MR) is 103 cm³/mol. The van der Waals surface area contributed by atoms with Crippen molar-refractivity contribution < 1.29 is 9.53 Å². The number of para-hydroxylation sites is 1. The van der Waals surface area contributed by atoms with Crippen LogP contribution in [0.4, 0.5) is 0 Å². The topological polar surface area (TPSA) is 63.2 Å². The second-order valence-electron chi connectivity index (χ2n) is 5.77. The second-order valence-corrected chi connectivity index (χ2v) is 5.77. The first-order valence-corrected chi connectivity index (χ1v) is 7.95. The van der Waals surface area contributed by atoms with Gasteiger partial charge in [0.1, 0.15) is 5.75 Å². The number of aromatic nitrogens is 1. The van der Waals surface area contributed by atoms with E-state index in [0.717, 1.165) is 23.8 Å². The van der Waals surface area contributed by atoms with Crippen molar-refractivity contribution in [2.45, 2.75) is 19.4 Å². The number of halogens is 2. The van der Waals surface area contributed by atoms with Crippen LogP contribution in [0.25, 0.3) is 0 Å². The quantitative estimate of drug-likeness (QED) is 0.733. The maximum absolute atomic E-state index is 11.7. The molecule has 0 radical (unpaired) electrons. The minimum Gasteiger partial charge on any atom is -0.439 e. The number of hydrogen-bond donors (Lipinski definition) is 2. The van der Waals surface area contributed by atoms with Crippen molar-refractivity contribution in [3.63, 3.8) is 0 Å². The number of amides is 1. The first-order valence-electron chi connectivity index (χ1n) is 7.95. The van der Waals surface area contributed by atoms with E-state index in [2.05, 4.69) is 15.6 Å². The summed E-state index contributed by atoms with van der Waals surface area (Å²) in [6.45, 7) is 1.79. The van der Waals surface area contributed by atoms with E-state index in [9.17, 15) is 4.79 Å². The van der Waals surface area contributed by atoms with Gasteiger partial charge in [0.25, 0.3) is 0 Å². The van der Waals surface area contributed by atoms with Crippen molar-refractivity contribution >= 4 is 30.7 Å². The normalized spacial score (nSPS) is 12.5. The summed E-state index contributed by atoms with van der Waals surface area (Å²) in [6, 6.07) is 13.2. The van der Waals surface area contributed by atoms with Crippen molar-refractivity contribution in [2.24, 2.45) is 5.92 Å². The van der Waals surface area contributed by atoms with Gasteiger partial charge >= 0.3 is 0 Å². The molecule has 1 aromatic carbocycles. The van der Waals surface area contributed by atoms with Crippen molar-refractivity contribution in [1.82, 2.24) is 15.6 Å². The Morgan fingerprint density at radius 1 is 1.12 bits per heavy atom. The van der Waals surface area contributed by atoms with Crippen LogP contribution < -0.4 is 15.4 Å². The molecule has 1 aromatic heterocycles. The highest BCUT2D eigenvalue weighted by Gasteiger charge is 2.20. The summed E-state index contributed by atoms with van der Waals surface area (Å²) in [5, 5.41) is 6.05. The first kappa shape index (κ1) is 21.2. The summed E-state index contributed by atoms with van der Waals surface area (Å²) >= 11 is 0. The summed E-state index contributed by atoms with van der Waals surface area (Å²) in [7, 11) is 0. The van der Waals surface area contributed by atoms with E-state index in [1.165, 1.54) is 12.8 Å². The van der Waals surface area contributed by atoms with E-state index in [0.29, 0.717) is 19.0 Å². The Labute approximate surface area is 160 Å². The van der Waals surface area contributed by atoms with Crippen molar-refractivity contribution in [2.75, 3.05) is 13.1 Å². The van der Waals surface area contributed by atoms with Gasteiger partial charge in [0.15, 0.2) is 0 Å². The standard InChI is InChI=1S/C18H21N3O2.2ClH/c22-17(13-19-10-14-6-7-14)20-11-15-8-9-18(21-12-15)23-16-4-2-1-3-5-16;;/h1-5,8-9,12,14,19H,6-7,10-11,13H2,(H,20,22);2*1H. The Bertz CT molecular complexity index is 635. The minimum absolute atomic E-state index is 0. The predicted octanol–water partition coefficient (Wildman–Crippen LogP) is 3.33. The van der Waals surface area contributed by atoms with Crippen LogP contribution in [0.3, 0.4) is 0 Å². The van der Waals surface area contributed by atoms with Crippen molar-refractivity contribution in [3.05, 3.63) is 54.2 Å². The lowest BCUT2D eigenvalue weighted by atomic mass is 10.3. The molecule has 1 amide bonds. The molecule has 0 saturated heterocycles. The summed E-state index contributed by atoms with van der Waals surface area (Å²) in [5.41, 5.74) is 0.945. The molecule has 0 spiro atoms. The van der Waals surface area contributed by atoms with Crippen LogP contribution in [0.2, 0.25) is 0 Å². The molecule has 3 rings (SSSR count). The highest BCUT2D eigenvalue weighted by atomic mass is 35.5. The largest absolute Gasteiger partial charge is 0.439 e. The molecule has 2 aromatic rings. The van der Waals surface area contributed by atoms with Crippen LogP contribution in [-0.4, -0.2) is 24.0 Å². The average molecular weight is 384 g/mol. The van der Waals surface area contributed by atoms with Crippen LogP contribution in [0.1, 0.15) is 18.4 Å². The van der Waals surface area contributed by atoms with Gasteiger partial charge in [0.05, 0.1) is 6.54 Å². The Hall–Kier alpha value is -1.82. The van der Waals surface area contributed by atoms with Gasteiger partial charge in [0.2, 0.25) is 11.8 Å². The van der Waals surface area contributed by atoms with Crippen molar-refractivity contribution in [1.29, 1.82) is 0 Å². The van der Waals surface area contributed by atoms with E-state index in [4.69, 9.17) is 4.74 Å². The molecule has 7 heteroatoms. The van der Waals surface area contributed by atoms with E-state index < -0.39 is 0 Å². The number of nitrogens with zero attached hydrogens (tertiary/aromatic N) is 1. The molecule has 1 aliphatic carbocycles. The van der Waals surface area contributed by atoms with Crippen molar-refractivity contribution in [3.8, 4) is 11.6 Å². The first-order chi connectivity index (χ1) is 11.3. The third-order valence-electron chi connectivity index (χ3n) is 3.67. The molecule has 1 saturated carbocycles. The van der Waals surface area contributed by atoms with Gasteiger partial charge in [-0.05, 0) is 43.0 Å². The van der Waals surface area contributed by atoms with Gasteiger partial charge in [-0.2, -0.15) is 0 Å². The number of carbonyl (C=O) groups is 1. The number of rotatable bonds is 8.